The van der Waals surface area contributed by atoms with Gasteiger partial charge < -0.3 is 0 Å². The minimum Gasteiger partial charge on any atom is -0.299 e. The minimum atomic E-state index is -0.214. The molecule has 0 aromatic heterocycles. The van der Waals surface area contributed by atoms with Crippen molar-refractivity contribution in [2.75, 3.05) is 0 Å². The lowest BCUT2D eigenvalue weighted by atomic mass is 9.56. The third-order valence-corrected chi connectivity index (χ3v) is 3.95. The summed E-state index contributed by atoms with van der Waals surface area (Å²) in [6, 6.07) is 9.76. The number of benzene rings is 1. The predicted octanol–water partition coefficient (Wildman–Crippen LogP) is 3.03. The largest absolute Gasteiger partial charge is 0.299 e. The highest BCUT2D eigenvalue weighted by molar-refractivity contribution is 5.93. The van der Waals surface area contributed by atoms with E-state index in [9.17, 15) is 4.79 Å². The van der Waals surface area contributed by atoms with Gasteiger partial charge in [-0.15, -0.1) is 0 Å². The summed E-state index contributed by atoms with van der Waals surface area (Å²) in [5.41, 5.74) is 1.59. The summed E-state index contributed by atoms with van der Waals surface area (Å²) in [6.45, 7) is 4.08. The Balaban J connectivity index is 2.33. The zero-order valence-corrected chi connectivity index (χ0v) is 9.66. The fourth-order valence-electron chi connectivity index (χ4n) is 2.46. The maximum atomic E-state index is 11.7. The van der Waals surface area contributed by atoms with Crippen molar-refractivity contribution in [2.45, 2.75) is 32.6 Å². The molecule has 0 amide bonds. The van der Waals surface area contributed by atoms with Gasteiger partial charge in [0.25, 0.3) is 0 Å². The minimum absolute atomic E-state index is 0.214. The van der Waals surface area contributed by atoms with Gasteiger partial charge in [0.1, 0.15) is 5.78 Å². The molecular formula is C14H15NO. The zero-order valence-electron chi connectivity index (χ0n) is 9.66. The highest BCUT2D eigenvalue weighted by atomic mass is 16.1. The second kappa shape index (κ2) is 3.75. The number of rotatable bonds is 2. The Labute approximate surface area is 95.9 Å². The van der Waals surface area contributed by atoms with Crippen LogP contribution in [0.2, 0.25) is 0 Å². The smallest absolute Gasteiger partial charge is 0.140 e. The van der Waals surface area contributed by atoms with Crippen molar-refractivity contribution in [2.24, 2.45) is 5.41 Å². The van der Waals surface area contributed by atoms with E-state index in [4.69, 9.17) is 5.26 Å². The van der Waals surface area contributed by atoms with Crippen LogP contribution in [0.4, 0.5) is 0 Å². The Morgan fingerprint density at radius 3 is 2.88 bits per heavy atom. The van der Waals surface area contributed by atoms with Crippen LogP contribution < -0.4 is 0 Å². The van der Waals surface area contributed by atoms with Crippen molar-refractivity contribution in [1.82, 2.24) is 0 Å². The summed E-state index contributed by atoms with van der Waals surface area (Å²) >= 11 is 0. The first-order chi connectivity index (χ1) is 7.61. The van der Waals surface area contributed by atoms with Gasteiger partial charge in [-0.05, 0) is 24.1 Å². The fraction of sp³-hybridized carbons (Fsp3) is 0.429. The van der Waals surface area contributed by atoms with Crippen LogP contribution in [0.15, 0.2) is 24.3 Å². The molecule has 2 atom stereocenters. The first-order valence-corrected chi connectivity index (χ1v) is 5.65. The van der Waals surface area contributed by atoms with Crippen LogP contribution in [-0.4, -0.2) is 5.78 Å². The van der Waals surface area contributed by atoms with Crippen molar-refractivity contribution in [1.29, 1.82) is 5.26 Å². The molecule has 2 rings (SSSR count). The molecule has 0 spiro atoms. The number of Topliss-reactive ketones (excluding diaryl/α,β-unsaturated/α-hetero) is 1. The Morgan fingerprint density at radius 1 is 1.56 bits per heavy atom. The monoisotopic (exact) mass is 213 g/mol. The van der Waals surface area contributed by atoms with Crippen LogP contribution >= 0.6 is 0 Å². The van der Waals surface area contributed by atoms with Crippen LogP contribution in [-0.2, 0) is 4.79 Å². The highest BCUT2D eigenvalue weighted by Crippen LogP contribution is 2.51. The second-order valence-corrected chi connectivity index (χ2v) is 4.69. The SMILES string of the molecule is CCC1(C)C(=O)CC1c1cccc(C#N)c1. The maximum Gasteiger partial charge on any atom is 0.140 e. The number of ketones is 1. The van der Waals surface area contributed by atoms with E-state index < -0.39 is 0 Å². The summed E-state index contributed by atoms with van der Waals surface area (Å²) in [5.74, 6) is 0.640. The van der Waals surface area contributed by atoms with Gasteiger partial charge in [0.15, 0.2) is 0 Å². The van der Waals surface area contributed by atoms with E-state index in [1.807, 2.05) is 25.1 Å². The van der Waals surface area contributed by atoms with Gasteiger partial charge in [0.05, 0.1) is 11.6 Å². The van der Waals surface area contributed by atoms with Gasteiger partial charge in [-0.2, -0.15) is 5.26 Å². The van der Waals surface area contributed by atoms with Crippen molar-refractivity contribution in [3.63, 3.8) is 0 Å². The molecule has 0 aliphatic heterocycles. The molecule has 0 bridgehead atoms. The summed E-state index contributed by atoms with van der Waals surface area (Å²) < 4.78 is 0. The number of hydrogen-bond donors (Lipinski definition) is 0. The van der Waals surface area contributed by atoms with Crippen molar-refractivity contribution in [3.8, 4) is 6.07 Å². The van der Waals surface area contributed by atoms with E-state index in [-0.39, 0.29) is 5.41 Å². The first-order valence-electron chi connectivity index (χ1n) is 5.65. The molecular weight excluding hydrogens is 198 g/mol. The second-order valence-electron chi connectivity index (χ2n) is 4.69. The van der Waals surface area contributed by atoms with Crippen LogP contribution in [0, 0.1) is 16.7 Å². The number of carbonyl (C=O) groups is 1. The number of hydrogen-bond acceptors (Lipinski definition) is 2. The van der Waals surface area contributed by atoms with Crippen LogP contribution in [0.5, 0.6) is 0 Å². The van der Waals surface area contributed by atoms with Crippen LogP contribution in [0.1, 0.15) is 43.7 Å². The molecule has 0 N–H and O–H groups in total. The van der Waals surface area contributed by atoms with Gasteiger partial charge in [-0.1, -0.05) is 26.0 Å². The molecule has 1 aromatic carbocycles. The summed E-state index contributed by atoms with van der Waals surface area (Å²) in [4.78, 5) is 11.7. The molecule has 1 aliphatic carbocycles. The summed E-state index contributed by atoms with van der Waals surface area (Å²) in [6.07, 6.45) is 1.49. The molecule has 1 fully saturated rings. The van der Waals surface area contributed by atoms with E-state index in [0.29, 0.717) is 23.7 Å². The van der Waals surface area contributed by atoms with Gasteiger partial charge in [0, 0.05) is 17.8 Å². The molecule has 1 aromatic rings. The van der Waals surface area contributed by atoms with Crippen molar-refractivity contribution >= 4 is 5.78 Å². The molecule has 2 heteroatoms. The van der Waals surface area contributed by atoms with Gasteiger partial charge in [-0.3, -0.25) is 4.79 Å². The number of nitrogens with zero attached hydrogens (tertiary/aromatic N) is 1. The molecule has 16 heavy (non-hydrogen) atoms. The normalized spacial score (nSPS) is 28.3. The molecule has 0 heterocycles. The first kappa shape index (κ1) is 10.9. The average molecular weight is 213 g/mol. The van der Waals surface area contributed by atoms with Gasteiger partial charge >= 0.3 is 0 Å². The molecule has 1 saturated carbocycles. The average Bonchev–Trinajstić information content (AvgIpc) is 2.34. The van der Waals surface area contributed by atoms with Gasteiger partial charge in [-0.25, -0.2) is 0 Å². The predicted molar refractivity (Wildman–Crippen MR) is 61.9 cm³/mol. The molecule has 1 aliphatic rings. The fourth-order valence-corrected chi connectivity index (χ4v) is 2.46. The standard InChI is InChI=1S/C14H15NO/c1-3-14(2)12(8-13(14)16)11-6-4-5-10(7-11)9-15/h4-7,12H,3,8H2,1-2H3. The third-order valence-electron chi connectivity index (χ3n) is 3.95. The van der Waals surface area contributed by atoms with Gasteiger partial charge in [0.2, 0.25) is 0 Å². The third kappa shape index (κ3) is 1.44. The lowest BCUT2D eigenvalue weighted by Gasteiger charge is -2.45. The molecule has 2 nitrogen and oxygen atoms in total. The Kier molecular flexibility index (Phi) is 2.55. The van der Waals surface area contributed by atoms with Crippen LogP contribution in [0.3, 0.4) is 0 Å². The molecule has 0 saturated heterocycles. The number of nitriles is 1. The van der Waals surface area contributed by atoms with Crippen LogP contribution in [0.25, 0.3) is 0 Å². The molecule has 2 unspecified atom stereocenters. The topological polar surface area (TPSA) is 40.9 Å². The van der Waals surface area contributed by atoms with Crippen molar-refractivity contribution in [3.05, 3.63) is 35.4 Å². The lowest BCUT2D eigenvalue weighted by Crippen LogP contribution is -2.45. The molecule has 0 radical (unpaired) electrons. The quantitative estimate of drug-likeness (QED) is 0.757. The zero-order chi connectivity index (χ0) is 11.8. The van der Waals surface area contributed by atoms with E-state index >= 15 is 0 Å². The van der Waals surface area contributed by atoms with Crippen molar-refractivity contribution < 1.29 is 4.79 Å². The number of carbonyl (C=O) groups excluding carboxylic acids is 1. The summed E-state index contributed by atoms with van der Waals surface area (Å²) in [7, 11) is 0. The maximum absolute atomic E-state index is 11.7. The molecule has 82 valence electrons. The Morgan fingerprint density at radius 2 is 2.31 bits per heavy atom. The van der Waals surface area contributed by atoms with E-state index in [1.165, 1.54) is 0 Å². The Hall–Kier alpha value is -1.62. The Bertz CT molecular complexity index is 472. The van der Waals surface area contributed by atoms with E-state index in [1.54, 1.807) is 6.07 Å². The highest BCUT2D eigenvalue weighted by Gasteiger charge is 2.49. The lowest BCUT2D eigenvalue weighted by molar-refractivity contribution is -0.139. The van der Waals surface area contributed by atoms with E-state index in [2.05, 4.69) is 13.0 Å². The summed E-state index contributed by atoms with van der Waals surface area (Å²) in [5, 5.41) is 8.86. The van der Waals surface area contributed by atoms with E-state index in [0.717, 1.165) is 12.0 Å².